The van der Waals surface area contributed by atoms with Crippen LogP contribution in [0, 0.1) is 0 Å². The molecule has 0 saturated heterocycles. The van der Waals surface area contributed by atoms with Gasteiger partial charge in [0.1, 0.15) is 5.52 Å². The first-order valence-corrected chi connectivity index (χ1v) is 7.90. The lowest BCUT2D eigenvalue weighted by molar-refractivity contribution is 0.619. The Morgan fingerprint density at radius 1 is 0.750 bits per heavy atom. The van der Waals surface area contributed by atoms with Gasteiger partial charge in [-0.3, -0.25) is 0 Å². The van der Waals surface area contributed by atoms with E-state index in [0.717, 1.165) is 22.4 Å². The Morgan fingerprint density at radius 2 is 1.58 bits per heavy atom. The molecule has 0 N–H and O–H groups in total. The van der Waals surface area contributed by atoms with Crippen LogP contribution in [-0.4, -0.2) is 9.55 Å². The predicted octanol–water partition coefficient (Wildman–Crippen LogP) is 5.44. The van der Waals surface area contributed by atoms with E-state index in [1.165, 1.54) is 10.8 Å². The summed E-state index contributed by atoms with van der Waals surface area (Å²) < 4.78 is 8.07. The van der Waals surface area contributed by atoms with E-state index in [0.29, 0.717) is 5.89 Å². The van der Waals surface area contributed by atoms with E-state index in [9.17, 15) is 0 Å². The molecule has 2 heterocycles. The first-order valence-electron chi connectivity index (χ1n) is 7.90. The molecule has 0 radical (unpaired) electrons. The molecule has 3 aromatic carbocycles. The highest BCUT2D eigenvalue weighted by molar-refractivity contribution is 5.87. The zero-order chi connectivity index (χ0) is 15.9. The maximum Gasteiger partial charge on any atom is 0.227 e. The molecular weight excluding hydrogens is 296 g/mol. The van der Waals surface area contributed by atoms with Crippen LogP contribution in [-0.2, 0) is 0 Å². The maximum absolute atomic E-state index is 6.02. The van der Waals surface area contributed by atoms with Gasteiger partial charge in [-0.05, 0) is 47.2 Å². The summed E-state index contributed by atoms with van der Waals surface area (Å²) in [4.78, 5) is 4.64. The van der Waals surface area contributed by atoms with Crippen LogP contribution in [0.3, 0.4) is 0 Å². The fourth-order valence-electron chi connectivity index (χ4n) is 3.03. The quantitative estimate of drug-likeness (QED) is 0.435. The molecule has 114 valence electrons. The van der Waals surface area contributed by atoms with Crippen molar-refractivity contribution in [2.24, 2.45) is 0 Å². The summed E-state index contributed by atoms with van der Waals surface area (Å²) in [6, 6.07) is 24.7. The van der Waals surface area contributed by atoms with Gasteiger partial charge in [0, 0.05) is 29.7 Å². The Labute approximate surface area is 138 Å². The SMILES string of the molecule is c1ccc2cc(-c3nc4ccc(-n5cccc5)cc4o3)ccc2c1. The van der Waals surface area contributed by atoms with Crippen molar-refractivity contribution in [2.75, 3.05) is 0 Å². The van der Waals surface area contributed by atoms with Gasteiger partial charge in [0.2, 0.25) is 5.89 Å². The average Bonchev–Trinajstić information content (AvgIpc) is 3.30. The van der Waals surface area contributed by atoms with Crippen LogP contribution in [0.5, 0.6) is 0 Å². The molecule has 0 aliphatic heterocycles. The van der Waals surface area contributed by atoms with Gasteiger partial charge in [0.25, 0.3) is 0 Å². The normalized spacial score (nSPS) is 11.3. The second-order valence-electron chi connectivity index (χ2n) is 5.82. The number of fused-ring (bicyclic) bond motifs is 2. The van der Waals surface area contributed by atoms with E-state index in [2.05, 4.69) is 45.9 Å². The Morgan fingerprint density at radius 3 is 2.46 bits per heavy atom. The van der Waals surface area contributed by atoms with Gasteiger partial charge >= 0.3 is 0 Å². The van der Waals surface area contributed by atoms with Crippen molar-refractivity contribution in [1.29, 1.82) is 0 Å². The molecule has 0 amide bonds. The number of hydrogen-bond donors (Lipinski definition) is 0. The topological polar surface area (TPSA) is 31.0 Å². The van der Waals surface area contributed by atoms with E-state index >= 15 is 0 Å². The number of benzene rings is 3. The molecule has 0 bridgehead atoms. The number of rotatable bonds is 2. The highest BCUT2D eigenvalue weighted by Gasteiger charge is 2.10. The number of aromatic nitrogens is 2. The molecule has 0 saturated carbocycles. The van der Waals surface area contributed by atoms with Crippen LogP contribution in [0.1, 0.15) is 0 Å². The molecule has 0 aliphatic carbocycles. The van der Waals surface area contributed by atoms with Crippen molar-refractivity contribution in [3.63, 3.8) is 0 Å². The van der Waals surface area contributed by atoms with Crippen LogP contribution in [0.25, 0.3) is 39.0 Å². The standard InChI is InChI=1S/C21H14N2O/c1-2-6-16-13-17(8-7-15(16)5-1)21-22-19-10-9-18(14-20(19)24-21)23-11-3-4-12-23/h1-14H. The molecule has 0 atom stereocenters. The van der Waals surface area contributed by atoms with E-state index in [-0.39, 0.29) is 0 Å². The molecule has 0 unspecified atom stereocenters. The van der Waals surface area contributed by atoms with Crippen molar-refractivity contribution in [3.05, 3.63) is 85.2 Å². The van der Waals surface area contributed by atoms with Crippen molar-refractivity contribution >= 4 is 21.9 Å². The van der Waals surface area contributed by atoms with Crippen molar-refractivity contribution in [1.82, 2.24) is 9.55 Å². The van der Waals surface area contributed by atoms with Gasteiger partial charge in [-0.1, -0.05) is 30.3 Å². The summed E-state index contributed by atoms with van der Waals surface area (Å²) in [7, 11) is 0. The van der Waals surface area contributed by atoms with Crippen LogP contribution in [0.15, 0.2) is 89.6 Å². The molecule has 0 aliphatic rings. The second kappa shape index (κ2) is 5.10. The Hall–Kier alpha value is -3.33. The highest BCUT2D eigenvalue weighted by Crippen LogP contribution is 2.28. The predicted molar refractivity (Wildman–Crippen MR) is 96.3 cm³/mol. The lowest BCUT2D eigenvalue weighted by Gasteiger charge is -2.01. The van der Waals surface area contributed by atoms with Crippen LogP contribution in [0.4, 0.5) is 0 Å². The van der Waals surface area contributed by atoms with Crippen molar-refractivity contribution in [3.8, 4) is 17.1 Å². The Balaban J connectivity index is 1.63. The zero-order valence-electron chi connectivity index (χ0n) is 12.9. The van der Waals surface area contributed by atoms with E-state index in [1.807, 2.05) is 48.8 Å². The lowest BCUT2D eigenvalue weighted by Crippen LogP contribution is -1.87. The summed E-state index contributed by atoms with van der Waals surface area (Å²) in [5, 5.41) is 2.40. The summed E-state index contributed by atoms with van der Waals surface area (Å²) in [6.07, 6.45) is 4.03. The van der Waals surface area contributed by atoms with E-state index < -0.39 is 0 Å². The van der Waals surface area contributed by atoms with Gasteiger partial charge in [-0.25, -0.2) is 4.98 Å². The van der Waals surface area contributed by atoms with E-state index in [1.54, 1.807) is 0 Å². The smallest absolute Gasteiger partial charge is 0.227 e. The second-order valence-corrected chi connectivity index (χ2v) is 5.82. The molecule has 3 nitrogen and oxygen atoms in total. The minimum absolute atomic E-state index is 0.653. The van der Waals surface area contributed by atoms with Gasteiger partial charge in [-0.15, -0.1) is 0 Å². The molecule has 5 aromatic rings. The van der Waals surface area contributed by atoms with Gasteiger partial charge in [-0.2, -0.15) is 0 Å². The van der Waals surface area contributed by atoms with Crippen LogP contribution >= 0.6 is 0 Å². The van der Waals surface area contributed by atoms with Gasteiger partial charge in [0.15, 0.2) is 5.58 Å². The fraction of sp³-hybridized carbons (Fsp3) is 0. The molecule has 0 spiro atoms. The first kappa shape index (κ1) is 13.1. The third-order valence-electron chi connectivity index (χ3n) is 4.27. The Bertz CT molecular complexity index is 1150. The lowest BCUT2D eigenvalue weighted by atomic mass is 10.1. The highest BCUT2D eigenvalue weighted by atomic mass is 16.3. The molecule has 0 fully saturated rings. The summed E-state index contributed by atoms with van der Waals surface area (Å²) in [5.74, 6) is 0.653. The summed E-state index contributed by atoms with van der Waals surface area (Å²) >= 11 is 0. The van der Waals surface area contributed by atoms with E-state index in [4.69, 9.17) is 4.42 Å². The van der Waals surface area contributed by atoms with Crippen LogP contribution in [0.2, 0.25) is 0 Å². The minimum Gasteiger partial charge on any atom is -0.436 e. The maximum atomic E-state index is 6.02. The van der Waals surface area contributed by atoms with Crippen molar-refractivity contribution < 1.29 is 4.42 Å². The number of hydrogen-bond acceptors (Lipinski definition) is 2. The fourth-order valence-corrected chi connectivity index (χ4v) is 3.03. The molecule has 24 heavy (non-hydrogen) atoms. The minimum atomic E-state index is 0.653. The first-order chi connectivity index (χ1) is 11.9. The molecule has 2 aromatic heterocycles. The number of nitrogens with zero attached hydrogens (tertiary/aromatic N) is 2. The van der Waals surface area contributed by atoms with Gasteiger partial charge < -0.3 is 8.98 Å². The van der Waals surface area contributed by atoms with Crippen molar-refractivity contribution in [2.45, 2.75) is 0 Å². The Kier molecular flexibility index (Phi) is 2.79. The van der Waals surface area contributed by atoms with Gasteiger partial charge in [0.05, 0.1) is 0 Å². The third-order valence-corrected chi connectivity index (χ3v) is 4.27. The number of oxazole rings is 1. The monoisotopic (exact) mass is 310 g/mol. The van der Waals surface area contributed by atoms with Crippen LogP contribution < -0.4 is 0 Å². The summed E-state index contributed by atoms with van der Waals surface area (Å²) in [5.41, 5.74) is 3.72. The molecular formula is C21H14N2O. The largest absolute Gasteiger partial charge is 0.436 e. The molecule has 3 heteroatoms. The average molecular weight is 310 g/mol. The zero-order valence-corrected chi connectivity index (χ0v) is 12.9. The molecule has 5 rings (SSSR count). The third kappa shape index (κ3) is 2.10. The summed E-state index contributed by atoms with van der Waals surface area (Å²) in [6.45, 7) is 0.